The van der Waals surface area contributed by atoms with Gasteiger partial charge in [0.1, 0.15) is 12.4 Å². The first-order chi connectivity index (χ1) is 12.3. The minimum atomic E-state index is -3.34. The number of para-hydroxylation sites is 1. The van der Waals surface area contributed by atoms with Crippen LogP contribution < -0.4 is 14.4 Å². The van der Waals surface area contributed by atoms with Crippen molar-refractivity contribution in [2.75, 3.05) is 30.3 Å². The average Bonchev–Trinajstić information content (AvgIpc) is 2.60. The maximum Gasteiger partial charge on any atom is 0.251 e. The number of hydrogen-bond acceptors (Lipinski definition) is 4. The molecule has 0 atom stereocenters. The van der Waals surface area contributed by atoms with Crippen LogP contribution in [0.3, 0.4) is 0 Å². The van der Waals surface area contributed by atoms with Crippen LogP contribution in [0.25, 0.3) is 0 Å². The molecule has 0 saturated carbocycles. The minimum Gasteiger partial charge on any atom is -0.490 e. The van der Waals surface area contributed by atoms with Gasteiger partial charge in [0.05, 0.1) is 23.5 Å². The van der Waals surface area contributed by atoms with Crippen molar-refractivity contribution in [2.24, 2.45) is 0 Å². The molecule has 0 saturated heterocycles. The Kier molecular flexibility index (Phi) is 6.88. The van der Waals surface area contributed by atoms with Crippen molar-refractivity contribution in [3.8, 4) is 5.75 Å². The summed E-state index contributed by atoms with van der Waals surface area (Å²) >= 11 is 5.99. The van der Waals surface area contributed by atoms with Gasteiger partial charge in [0.15, 0.2) is 0 Å². The molecular formula is C18H21ClN2O4S. The van der Waals surface area contributed by atoms with Gasteiger partial charge in [-0.15, -0.1) is 0 Å². The first-order valence-corrected chi connectivity index (χ1v) is 10.3. The van der Waals surface area contributed by atoms with Crippen LogP contribution in [0.1, 0.15) is 17.3 Å². The highest BCUT2D eigenvalue weighted by Crippen LogP contribution is 2.22. The maximum absolute atomic E-state index is 12.1. The van der Waals surface area contributed by atoms with Crippen LogP contribution in [0.4, 0.5) is 5.69 Å². The topological polar surface area (TPSA) is 75.7 Å². The summed E-state index contributed by atoms with van der Waals surface area (Å²) in [6, 6.07) is 13.5. The van der Waals surface area contributed by atoms with Gasteiger partial charge < -0.3 is 10.1 Å². The zero-order valence-electron chi connectivity index (χ0n) is 14.6. The Morgan fingerprint density at radius 3 is 2.38 bits per heavy atom. The fraction of sp³-hybridized carbons (Fsp3) is 0.278. The van der Waals surface area contributed by atoms with E-state index >= 15 is 0 Å². The third-order valence-corrected chi connectivity index (χ3v) is 5.17. The zero-order valence-corrected chi connectivity index (χ0v) is 16.2. The molecule has 1 amide bonds. The molecule has 2 aromatic carbocycles. The molecule has 8 heteroatoms. The van der Waals surface area contributed by atoms with Crippen LogP contribution in [0.15, 0.2) is 48.5 Å². The van der Waals surface area contributed by atoms with E-state index in [1.54, 1.807) is 43.3 Å². The predicted molar refractivity (Wildman–Crippen MR) is 104 cm³/mol. The number of nitrogens with one attached hydrogen (secondary N) is 1. The number of benzene rings is 2. The molecule has 0 aliphatic carbocycles. The van der Waals surface area contributed by atoms with E-state index in [2.05, 4.69) is 5.32 Å². The third kappa shape index (κ3) is 5.37. The molecule has 0 aromatic heterocycles. The lowest BCUT2D eigenvalue weighted by Gasteiger charge is -2.20. The monoisotopic (exact) mass is 396 g/mol. The number of carbonyl (C=O) groups is 1. The van der Waals surface area contributed by atoms with Crippen molar-refractivity contribution in [1.29, 1.82) is 0 Å². The molecule has 6 nitrogen and oxygen atoms in total. The van der Waals surface area contributed by atoms with E-state index in [9.17, 15) is 13.2 Å². The Labute approximate surface area is 158 Å². The molecule has 0 bridgehead atoms. The summed E-state index contributed by atoms with van der Waals surface area (Å²) in [6.45, 7) is 2.67. The lowest BCUT2D eigenvalue weighted by molar-refractivity contribution is 0.0947. The molecule has 2 rings (SSSR count). The second-order valence-corrected chi connectivity index (χ2v) is 7.82. The number of amides is 1. The van der Waals surface area contributed by atoms with Gasteiger partial charge in [0, 0.05) is 12.1 Å². The van der Waals surface area contributed by atoms with Crippen LogP contribution in [0, 0.1) is 0 Å². The molecule has 0 spiro atoms. The van der Waals surface area contributed by atoms with Crippen molar-refractivity contribution in [3.63, 3.8) is 0 Å². The SMILES string of the molecule is CCN(c1ccc(C(=O)NCCOc2ccccc2Cl)cc1)S(C)(=O)=O. The summed E-state index contributed by atoms with van der Waals surface area (Å²) in [5.74, 6) is 0.301. The van der Waals surface area contributed by atoms with Gasteiger partial charge in [-0.1, -0.05) is 23.7 Å². The predicted octanol–water partition coefficient (Wildman–Crippen LogP) is 2.93. The second kappa shape index (κ2) is 8.91. The van der Waals surface area contributed by atoms with Crippen molar-refractivity contribution in [3.05, 3.63) is 59.1 Å². The molecule has 0 heterocycles. The second-order valence-electron chi connectivity index (χ2n) is 5.51. The standard InChI is InChI=1S/C18H21ClN2O4S/c1-3-21(26(2,23)24)15-10-8-14(9-11-15)18(22)20-12-13-25-17-7-5-4-6-16(17)19/h4-11H,3,12-13H2,1-2H3,(H,20,22). The minimum absolute atomic E-state index is 0.262. The molecule has 0 radical (unpaired) electrons. The molecule has 2 aromatic rings. The van der Waals surface area contributed by atoms with Crippen molar-refractivity contribution in [2.45, 2.75) is 6.92 Å². The van der Waals surface area contributed by atoms with Crippen LogP contribution in [-0.2, 0) is 10.0 Å². The summed E-state index contributed by atoms with van der Waals surface area (Å²) in [5.41, 5.74) is 0.963. The van der Waals surface area contributed by atoms with Gasteiger partial charge in [-0.25, -0.2) is 8.42 Å². The number of carbonyl (C=O) groups excluding carboxylic acids is 1. The van der Waals surface area contributed by atoms with Gasteiger partial charge in [-0.2, -0.15) is 0 Å². The highest BCUT2D eigenvalue weighted by molar-refractivity contribution is 7.92. The van der Waals surface area contributed by atoms with E-state index in [1.165, 1.54) is 4.31 Å². The molecular weight excluding hydrogens is 376 g/mol. The summed E-state index contributed by atoms with van der Waals surface area (Å²) in [7, 11) is -3.34. The largest absolute Gasteiger partial charge is 0.490 e. The van der Waals surface area contributed by atoms with Crippen LogP contribution >= 0.6 is 11.6 Å². The first kappa shape index (κ1) is 20.1. The fourth-order valence-corrected chi connectivity index (χ4v) is 3.54. The van der Waals surface area contributed by atoms with Gasteiger partial charge in [0.2, 0.25) is 10.0 Å². The number of halogens is 1. The van der Waals surface area contributed by atoms with Gasteiger partial charge in [-0.3, -0.25) is 9.10 Å². The summed E-state index contributed by atoms with van der Waals surface area (Å²) in [4.78, 5) is 12.1. The molecule has 26 heavy (non-hydrogen) atoms. The Hall–Kier alpha value is -2.25. The molecule has 0 fully saturated rings. The molecule has 0 aliphatic rings. The number of nitrogens with zero attached hydrogens (tertiary/aromatic N) is 1. The Balaban J connectivity index is 1.89. The number of rotatable bonds is 8. The maximum atomic E-state index is 12.1. The van der Waals surface area contributed by atoms with Crippen molar-refractivity contribution in [1.82, 2.24) is 5.32 Å². The number of ether oxygens (including phenoxy) is 1. The van der Waals surface area contributed by atoms with Gasteiger partial charge in [-0.05, 0) is 43.3 Å². The number of hydrogen-bond donors (Lipinski definition) is 1. The van der Waals surface area contributed by atoms with Crippen molar-refractivity contribution < 1.29 is 17.9 Å². The smallest absolute Gasteiger partial charge is 0.251 e. The quantitative estimate of drug-likeness (QED) is 0.696. The molecule has 140 valence electrons. The Morgan fingerprint density at radius 2 is 1.81 bits per heavy atom. The molecule has 0 unspecified atom stereocenters. The zero-order chi connectivity index (χ0) is 19.2. The number of sulfonamides is 1. The van der Waals surface area contributed by atoms with Crippen LogP contribution in [-0.4, -0.2) is 40.3 Å². The molecule has 1 N–H and O–H groups in total. The van der Waals surface area contributed by atoms with Gasteiger partial charge in [0.25, 0.3) is 5.91 Å². The normalized spacial score (nSPS) is 11.0. The summed E-state index contributed by atoms with van der Waals surface area (Å²) in [6.07, 6.45) is 1.15. The fourth-order valence-electron chi connectivity index (χ4n) is 2.38. The first-order valence-electron chi connectivity index (χ1n) is 8.06. The Bertz CT molecular complexity index is 854. The van der Waals surface area contributed by atoms with E-state index in [-0.39, 0.29) is 12.5 Å². The summed E-state index contributed by atoms with van der Waals surface area (Å²) < 4.78 is 30.2. The number of anilines is 1. The summed E-state index contributed by atoms with van der Waals surface area (Å²) in [5, 5.41) is 3.26. The average molecular weight is 397 g/mol. The van der Waals surface area contributed by atoms with E-state index < -0.39 is 10.0 Å². The van der Waals surface area contributed by atoms with Crippen LogP contribution in [0.5, 0.6) is 5.75 Å². The van der Waals surface area contributed by atoms with E-state index in [0.29, 0.717) is 35.1 Å². The highest BCUT2D eigenvalue weighted by Gasteiger charge is 2.15. The van der Waals surface area contributed by atoms with Gasteiger partial charge >= 0.3 is 0 Å². The third-order valence-electron chi connectivity index (χ3n) is 3.59. The van der Waals surface area contributed by atoms with Crippen LogP contribution in [0.2, 0.25) is 5.02 Å². The lowest BCUT2D eigenvalue weighted by Crippen LogP contribution is -2.30. The van der Waals surface area contributed by atoms with E-state index in [4.69, 9.17) is 16.3 Å². The van der Waals surface area contributed by atoms with E-state index in [1.807, 2.05) is 12.1 Å². The van der Waals surface area contributed by atoms with Crippen molar-refractivity contribution >= 4 is 33.2 Å². The van der Waals surface area contributed by atoms with E-state index in [0.717, 1.165) is 6.26 Å². The molecule has 0 aliphatic heterocycles. The highest BCUT2D eigenvalue weighted by atomic mass is 35.5. The Morgan fingerprint density at radius 1 is 1.15 bits per heavy atom. The lowest BCUT2D eigenvalue weighted by atomic mass is 10.2.